The lowest BCUT2D eigenvalue weighted by atomic mass is 9.98. The first-order valence-corrected chi connectivity index (χ1v) is 6.95. The average Bonchev–Trinajstić information content (AvgIpc) is 2.97. The van der Waals surface area contributed by atoms with Crippen molar-refractivity contribution in [3.63, 3.8) is 0 Å². The Balaban J connectivity index is 1.75. The van der Waals surface area contributed by atoms with Crippen molar-refractivity contribution < 1.29 is 5.11 Å². The average molecular weight is 256 g/mol. The number of benzene rings is 1. The minimum absolute atomic E-state index is 0.257. The second kappa shape index (κ2) is 4.82. The van der Waals surface area contributed by atoms with E-state index in [4.69, 9.17) is 0 Å². The van der Waals surface area contributed by atoms with Crippen LogP contribution in [-0.2, 0) is 12.8 Å². The van der Waals surface area contributed by atoms with Crippen LogP contribution in [0.15, 0.2) is 36.5 Å². The van der Waals surface area contributed by atoms with Gasteiger partial charge in [0.25, 0.3) is 0 Å². The van der Waals surface area contributed by atoms with Crippen LogP contribution in [0.5, 0.6) is 0 Å². The Labute approximate surface area is 113 Å². The zero-order valence-electron chi connectivity index (χ0n) is 11.5. The molecular weight excluding hydrogens is 236 g/mol. The fourth-order valence-electron chi connectivity index (χ4n) is 2.88. The van der Waals surface area contributed by atoms with Gasteiger partial charge in [0.05, 0.1) is 11.8 Å². The summed E-state index contributed by atoms with van der Waals surface area (Å²) in [6, 6.07) is 10.6. The van der Waals surface area contributed by atoms with Crippen molar-refractivity contribution in [2.24, 2.45) is 5.92 Å². The Morgan fingerprint density at radius 1 is 1.32 bits per heavy atom. The maximum atomic E-state index is 10.4. The van der Waals surface area contributed by atoms with E-state index in [1.807, 2.05) is 29.1 Å². The van der Waals surface area contributed by atoms with Gasteiger partial charge in [0.2, 0.25) is 0 Å². The van der Waals surface area contributed by atoms with Gasteiger partial charge in [-0.05, 0) is 49.8 Å². The molecule has 0 spiro atoms. The zero-order chi connectivity index (χ0) is 13.4. The van der Waals surface area contributed by atoms with Gasteiger partial charge in [0.15, 0.2) is 0 Å². The van der Waals surface area contributed by atoms with Crippen LogP contribution in [-0.4, -0.2) is 14.9 Å². The van der Waals surface area contributed by atoms with Gasteiger partial charge < -0.3 is 5.11 Å². The molecule has 1 aliphatic rings. The summed E-state index contributed by atoms with van der Waals surface area (Å²) in [5.74, 6) is 0.257. The summed E-state index contributed by atoms with van der Waals surface area (Å²) in [7, 11) is 0. The molecule has 0 bridgehead atoms. The molecule has 1 aliphatic carbocycles. The van der Waals surface area contributed by atoms with Crippen molar-refractivity contribution in [3.8, 4) is 0 Å². The third-order valence-corrected chi connectivity index (χ3v) is 3.97. The van der Waals surface area contributed by atoms with Crippen molar-refractivity contribution in [1.29, 1.82) is 0 Å². The molecule has 3 rings (SSSR count). The molecule has 100 valence electrons. The lowest BCUT2D eigenvalue weighted by molar-refractivity contribution is 0.122. The highest BCUT2D eigenvalue weighted by Gasteiger charge is 2.30. The fraction of sp³-hybridized carbons (Fsp3) is 0.438. The molecule has 0 fully saturated rings. The second-order valence-electron chi connectivity index (χ2n) is 5.69. The minimum Gasteiger partial charge on any atom is -0.388 e. The Morgan fingerprint density at radius 3 is 2.79 bits per heavy atom. The summed E-state index contributed by atoms with van der Waals surface area (Å²) >= 11 is 0. The molecule has 2 aromatic rings. The van der Waals surface area contributed by atoms with Gasteiger partial charge in [-0.3, -0.25) is 4.68 Å². The number of nitrogens with zero attached hydrogens (tertiary/aromatic N) is 2. The van der Waals surface area contributed by atoms with E-state index in [9.17, 15) is 5.11 Å². The smallest absolute Gasteiger partial charge is 0.0827 e. The van der Waals surface area contributed by atoms with Crippen LogP contribution in [0.3, 0.4) is 0 Å². The predicted octanol–water partition coefficient (Wildman–Crippen LogP) is 2.91. The van der Waals surface area contributed by atoms with Crippen LogP contribution in [0.25, 0.3) is 0 Å². The van der Waals surface area contributed by atoms with E-state index in [0.717, 1.165) is 24.1 Å². The highest BCUT2D eigenvalue weighted by atomic mass is 16.3. The van der Waals surface area contributed by atoms with Crippen LogP contribution < -0.4 is 0 Å². The number of fused-ring (bicyclic) bond motifs is 1. The quantitative estimate of drug-likeness (QED) is 0.917. The van der Waals surface area contributed by atoms with Crippen LogP contribution in [0, 0.1) is 5.92 Å². The van der Waals surface area contributed by atoms with Gasteiger partial charge in [-0.25, -0.2) is 0 Å². The number of aliphatic hydroxyl groups is 1. The molecule has 1 aromatic heterocycles. The molecule has 0 aliphatic heterocycles. The normalized spacial score (nSPS) is 21.9. The molecule has 0 amide bonds. The number of hydrogen-bond donors (Lipinski definition) is 1. The Morgan fingerprint density at radius 2 is 2.11 bits per heavy atom. The zero-order valence-corrected chi connectivity index (χ0v) is 11.5. The molecule has 0 saturated carbocycles. The van der Waals surface area contributed by atoms with Crippen molar-refractivity contribution in [3.05, 3.63) is 53.3 Å². The minimum atomic E-state index is -0.347. The molecular formula is C16H20N2O. The van der Waals surface area contributed by atoms with Gasteiger partial charge in [-0.15, -0.1) is 0 Å². The highest BCUT2D eigenvalue weighted by Crippen LogP contribution is 2.37. The van der Waals surface area contributed by atoms with Crippen LogP contribution >= 0.6 is 0 Å². The molecule has 2 unspecified atom stereocenters. The summed E-state index contributed by atoms with van der Waals surface area (Å²) in [5.41, 5.74) is 3.45. The van der Waals surface area contributed by atoms with Crippen molar-refractivity contribution in [1.82, 2.24) is 9.78 Å². The molecule has 1 N–H and O–H groups in total. The Kier molecular flexibility index (Phi) is 3.15. The maximum Gasteiger partial charge on any atom is 0.0827 e. The first-order chi connectivity index (χ1) is 9.15. The molecule has 1 aromatic carbocycles. The van der Waals surface area contributed by atoms with E-state index >= 15 is 0 Å². The summed E-state index contributed by atoms with van der Waals surface area (Å²) in [4.78, 5) is 0. The van der Waals surface area contributed by atoms with Gasteiger partial charge in [-0.1, -0.05) is 24.3 Å². The first kappa shape index (κ1) is 12.4. The summed E-state index contributed by atoms with van der Waals surface area (Å²) < 4.78 is 1.98. The Hall–Kier alpha value is -1.61. The fourth-order valence-corrected chi connectivity index (χ4v) is 2.88. The number of hydrogen-bond acceptors (Lipinski definition) is 2. The topological polar surface area (TPSA) is 38.0 Å². The number of aliphatic hydroxyl groups excluding tert-OH is 1. The molecule has 0 radical (unpaired) electrons. The molecule has 19 heavy (non-hydrogen) atoms. The van der Waals surface area contributed by atoms with E-state index in [0.29, 0.717) is 6.04 Å². The van der Waals surface area contributed by atoms with E-state index in [2.05, 4.69) is 31.1 Å². The maximum absolute atomic E-state index is 10.4. The van der Waals surface area contributed by atoms with Gasteiger partial charge >= 0.3 is 0 Å². The third-order valence-electron chi connectivity index (χ3n) is 3.97. The lowest BCUT2D eigenvalue weighted by Gasteiger charge is -2.13. The largest absolute Gasteiger partial charge is 0.388 e. The molecule has 2 atom stereocenters. The second-order valence-corrected chi connectivity index (χ2v) is 5.69. The predicted molar refractivity (Wildman–Crippen MR) is 74.9 cm³/mol. The molecule has 1 heterocycles. The van der Waals surface area contributed by atoms with Crippen LogP contribution in [0.2, 0.25) is 0 Å². The first-order valence-electron chi connectivity index (χ1n) is 6.95. The van der Waals surface area contributed by atoms with Crippen LogP contribution in [0.1, 0.15) is 42.8 Å². The van der Waals surface area contributed by atoms with Crippen molar-refractivity contribution in [2.75, 3.05) is 0 Å². The standard InChI is InChI=1S/C16H20N2O/c1-11(2)18-8-7-14(17-18)10-13-9-12-5-3-4-6-15(12)16(13)19/h3-8,11,13,16,19H,9-10H2,1-2H3. The van der Waals surface area contributed by atoms with Gasteiger partial charge in [0, 0.05) is 12.2 Å². The lowest BCUT2D eigenvalue weighted by Crippen LogP contribution is -2.11. The van der Waals surface area contributed by atoms with Crippen molar-refractivity contribution in [2.45, 2.75) is 38.8 Å². The molecule has 3 heteroatoms. The van der Waals surface area contributed by atoms with Crippen LogP contribution in [0.4, 0.5) is 0 Å². The SMILES string of the molecule is CC(C)n1ccc(CC2Cc3ccccc3C2O)n1. The van der Waals surface area contributed by atoms with E-state index in [1.54, 1.807) is 0 Å². The Bertz CT molecular complexity index is 574. The van der Waals surface area contributed by atoms with E-state index in [-0.39, 0.29) is 12.0 Å². The molecule has 0 saturated heterocycles. The summed E-state index contributed by atoms with van der Waals surface area (Å²) in [5, 5.41) is 15.0. The number of aromatic nitrogens is 2. The third kappa shape index (κ3) is 2.30. The van der Waals surface area contributed by atoms with E-state index in [1.165, 1.54) is 5.56 Å². The monoisotopic (exact) mass is 256 g/mol. The van der Waals surface area contributed by atoms with E-state index < -0.39 is 0 Å². The van der Waals surface area contributed by atoms with Gasteiger partial charge in [-0.2, -0.15) is 5.10 Å². The van der Waals surface area contributed by atoms with Crippen molar-refractivity contribution >= 4 is 0 Å². The summed E-state index contributed by atoms with van der Waals surface area (Å²) in [6.07, 6.45) is 3.47. The number of rotatable bonds is 3. The summed E-state index contributed by atoms with van der Waals surface area (Å²) in [6.45, 7) is 4.24. The highest BCUT2D eigenvalue weighted by molar-refractivity contribution is 5.34. The van der Waals surface area contributed by atoms with Gasteiger partial charge in [0.1, 0.15) is 0 Å². The molecule has 3 nitrogen and oxygen atoms in total.